The number of carbonyl (C=O) groups is 1. The number of benzene rings is 1. The van der Waals surface area contributed by atoms with Gasteiger partial charge in [0, 0.05) is 6.07 Å². The van der Waals surface area contributed by atoms with Crippen molar-refractivity contribution >= 4 is 27.4 Å². The van der Waals surface area contributed by atoms with Crippen LogP contribution >= 0.6 is 0 Å². The van der Waals surface area contributed by atoms with E-state index >= 15 is 0 Å². The number of nitrogens with one attached hydrogen (secondary N) is 1. The molecule has 0 radical (unpaired) electrons. The van der Waals surface area contributed by atoms with E-state index in [1.165, 1.54) is 0 Å². The van der Waals surface area contributed by atoms with Crippen molar-refractivity contribution in [3.63, 3.8) is 0 Å². The smallest absolute Gasteiger partial charge is 0.335 e. The Kier molecular flexibility index (Phi) is 3.62. The summed E-state index contributed by atoms with van der Waals surface area (Å²) in [5.41, 5.74) is -1.08. The Hall–Kier alpha value is -2.16. The van der Waals surface area contributed by atoms with Crippen LogP contribution in [0.5, 0.6) is 0 Å². The fourth-order valence-electron chi connectivity index (χ4n) is 1.71. The molecule has 9 heteroatoms. The van der Waals surface area contributed by atoms with Crippen molar-refractivity contribution in [3.05, 3.63) is 33.9 Å². The zero-order chi connectivity index (χ0) is 14.9. The highest BCUT2D eigenvalue weighted by molar-refractivity contribution is 7.92. The molecule has 1 aliphatic carbocycles. The van der Waals surface area contributed by atoms with Crippen molar-refractivity contribution in [1.29, 1.82) is 0 Å². The minimum absolute atomic E-state index is 0.0785. The van der Waals surface area contributed by atoms with Crippen LogP contribution < -0.4 is 4.72 Å². The fourth-order valence-corrected chi connectivity index (χ4v) is 3.25. The molecular weight excluding hydrogens is 288 g/mol. The zero-order valence-electron chi connectivity index (χ0n) is 10.3. The Bertz CT molecular complexity index is 665. The van der Waals surface area contributed by atoms with E-state index in [2.05, 4.69) is 4.72 Å². The van der Waals surface area contributed by atoms with Gasteiger partial charge in [-0.05, 0) is 30.9 Å². The van der Waals surface area contributed by atoms with Gasteiger partial charge in [-0.2, -0.15) is 0 Å². The Labute approximate surface area is 114 Å². The van der Waals surface area contributed by atoms with Crippen LogP contribution in [0.3, 0.4) is 0 Å². The lowest BCUT2D eigenvalue weighted by molar-refractivity contribution is -0.383. The summed E-state index contributed by atoms with van der Waals surface area (Å²) in [6.45, 7) is 0. The fraction of sp³-hybridized carbons (Fsp3) is 0.364. The van der Waals surface area contributed by atoms with Gasteiger partial charge in [-0.25, -0.2) is 13.2 Å². The highest BCUT2D eigenvalue weighted by atomic mass is 32.2. The van der Waals surface area contributed by atoms with Gasteiger partial charge in [0.1, 0.15) is 5.69 Å². The molecule has 2 rings (SSSR count). The Morgan fingerprint density at radius 3 is 2.60 bits per heavy atom. The van der Waals surface area contributed by atoms with Crippen LogP contribution in [0.1, 0.15) is 23.2 Å². The standard InChI is InChI=1S/C11H12N2O6S/c14-11(15)8-3-4-9(10(5-8)13(16)17)12-20(18,19)6-7-1-2-7/h3-5,7,12H,1-2,6H2,(H,14,15). The van der Waals surface area contributed by atoms with Gasteiger partial charge in [-0.1, -0.05) is 0 Å². The molecule has 2 N–H and O–H groups in total. The third-order valence-electron chi connectivity index (χ3n) is 2.86. The Morgan fingerprint density at radius 1 is 1.45 bits per heavy atom. The van der Waals surface area contributed by atoms with Gasteiger partial charge in [0.2, 0.25) is 10.0 Å². The first-order valence-electron chi connectivity index (χ1n) is 5.81. The summed E-state index contributed by atoms with van der Waals surface area (Å²) in [5.74, 6) is -1.30. The molecule has 0 amide bonds. The normalized spacial score (nSPS) is 14.8. The molecule has 8 nitrogen and oxygen atoms in total. The number of carboxylic acids is 1. The molecule has 0 heterocycles. The van der Waals surface area contributed by atoms with Crippen molar-refractivity contribution in [3.8, 4) is 0 Å². The minimum atomic E-state index is -3.66. The van der Waals surface area contributed by atoms with E-state index in [1.807, 2.05) is 0 Å². The van der Waals surface area contributed by atoms with Gasteiger partial charge in [0.15, 0.2) is 0 Å². The van der Waals surface area contributed by atoms with E-state index in [1.54, 1.807) is 0 Å². The van der Waals surface area contributed by atoms with Crippen molar-refractivity contribution in [2.24, 2.45) is 5.92 Å². The average molecular weight is 300 g/mol. The molecule has 20 heavy (non-hydrogen) atoms. The summed E-state index contributed by atoms with van der Waals surface area (Å²) in [6, 6.07) is 3.04. The first-order chi connectivity index (χ1) is 9.28. The van der Waals surface area contributed by atoms with Gasteiger partial charge in [0.05, 0.1) is 16.2 Å². The molecule has 0 aliphatic heterocycles. The molecule has 0 atom stereocenters. The van der Waals surface area contributed by atoms with Gasteiger partial charge < -0.3 is 5.11 Å². The molecule has 0 unspecified atom stereocenters. The lowest BCUT2D eigenvalue weighted by atomic mass is 10.2. The average Bonchev–Trinajstić information content (AvgIpc) is 3.11. The van der Waals surface area contributed by atoms with Crippen molar-refractivity contribution < 1.29 is 23.2 Å². The summed E-state index contributed by atoms with van der Waals surface area (Å²) < 4.78 is 25.7. The number of carboxylic acid groups (broad SMARTS) is 1. The molecule has 1 aromatic rings. The van der Waals surface area contributed by atoms with Gasteiger partial charge in [0.25, 0.3) is 5.69 Å². The van der Waals surface area contributed by atoms with Gasteiger partial charge >= 0.3 is 5.97 Å². The van der Waals surface area contributed by atoms with Crippen LogP contribution in [0.25, 0.3) is 0 Å². The van der Waals surface area contributed by atoms with E-state index in [0.717, 1.165) is 31.0 Å². The summed E-state index contributed by atoms with van der Waals surface area (Å²) in [7, 11) is -3.66. The summed E-state index contributed by atoms with van der Waals surface area (Å²) >= 11 is 0. The predicted octanol–water partition coefficient (Wildman–Crippen LogP) is 1.44. The lowest BCUT2D eigenvalue weighted by Gasteiger charge is -2.08. The number of nitro groups is 1. The second-order valence-electron chi connectivity index (χ2n) is 4.62. The number of nitro benzene ring substituents is 1. The van der Waals surface area contributed by atoms with Crippen molar-refractivity contribution in [2.45, 2.75) is 12.8 Å². The molecule has 0 bridgehead atoms. The predicted molar refractivity (Wildman–Crippen MR) is 70.2 cm³/mol. The summed E-state index contributed by atoms with van der Waals surface area (Å²) in [6.07, 6.45) is 1.67. The molecule has 0 saturated heterocycles. The molecule has 1 aromatic carbocycles. The number of nitrogens with zero attached hydrogens (tertiary/aromatic N) is 1. The third-order valence-corrected chi connectivity index (χ3v) is 4.30. The Balaban J connectivity index is 2.30. The third kappa shape index (κ3) is 3.44. The van der Waals surface area contributed by atoms with E-state index in [0.29, 0.717) is 0 Å². The highest BCUT2D eigenvalue weighted by Gasteiger charge is 2.29. The quantitative estimate of drug-likeness (QED) is 0.604. The molecule has 1 fully saturated rings. The van der Waals surface area contributed by atoms with Crippen LogP contribution in [0.15, 0.2) is 18.2 Å². The second kappa shape index (κ2) is 5.08. The number of hydrogen-bond donors (Lipinski definition) is 2. The lowest BCUT2D eigenvalue weighted by Crippen LogP contribution is -2.18. The monoisotopic (exact) mass is 300 g/mol. The number of anilines is 1. The zero-order valence-corrected chi connectivity index (χ0v) is 11.1. The van der Waals surface area contributed by atoms with E-state index in [9.17, 15) is 23.3 Å². The molecule has 1 aliphatic rings. The maximum Gasteiger partial charge on any atom is 0.335 e. The molecule has 0 aromatic heterocycles. The van der Waals surface area contributed by atoms with Gasteiger partial charge in [-0.15, -0.1) is 0 Å². The van der Waals surface area contributed by atoms with E-state index in [4.69, 9.17) is 5.11 Å². The van der Waals surface area contributed by atoms with Crippen LogP contribution in [0.2, 0.25) is 0 Å². The maximum atomic E-state index is 11.8. The number of rotatable bonds is 6. The summed E-state index contributed by atoms with van der Waals surface area (Å²) in [4.78, 5) is 20.8. The van der Waals surface area contributed by atoms with Crippen molar-refractivity contribution in [2.75, 3.05) is 10.5 Å². The topological polar surface area (TPSA) is 127 Å². The molecule has 1 saturated carbocycles. The Morgan fingerprint density at radius 2 is 2.10 bits per heavy atom. The van der Waals surface area contributed by atoms with Crippen LogP contribution in [-0.4, -0.2) is 30.2 Å². The summed E-state index contributed by atoms with van der Waals surface area (Å²) in [5, 5.41) is 19.7. The van der Waals surface area contributed by atoms with E-state index < -0.39 is 26.6 Å². The molecule has 0 spiro atoms. The van der Waals surface area contributed by atoms with Crippen LogP contribution in [-0.2, 0) is 10.0 Å². The molecule has 108 valence electrons. The second-order valence-corrected chi connectivity index (χ2v) is 6.39. The maximum absolute atomic E-state index is 11.8. The van der Waals surface area contributed by atoms with E-state index in [-0.39, 0.29) is 22.9 Å². The van der Waals surface area contributed by atoms with Gasteiger partial charge in [-0.3, -0.25) is 14.8 Å². The van der Waals surface area contributed by atoms with Crippen molar-refractivity contribution in [1.82, 2.24) is 0 Å². The van der Waals surface area contributed by atoms with Crippen LogP contribution in [0, 0.1) is 16.0 Å². The first-order valence-corrected chi connectivity index (χ1v) is 7.46. The number of sulfonamides is 1. The minimum Gasteiger partial charge on any atom is -0.478 e. The van der Waals surface area contributed by atoms with Crippen LogP contribution in [0.4, 0.5) is 11.4 Å². The number of aromatic carboxylic acids is 1. The number of hydrogen-bond acceptors (Lipinski definition) is 5. The highest BCUT2D eigenvalue weighted by Crippen LogP contribution is 2.32. The SMILES string of the molecule is O=C(O)c1ccc(NS(=O)(=O)CC2CC2)c([N+](=O)[O-])c1. The first kappa shape index (κ1) is 14.3. The largest absolute Gasteiger partial charge is 0.478 e. The molecular formula is C11H12N2O6S.